The second-order valence-corrected chi connectivity index (χ2v) is 5.91. The van der Waals surface area contributed by atoms with E-state index in [4.69, 9.17) is 4.74 Å². The summed E-state index contributed by atoms with van der Waals surface area (Å²) >= 11 is 1.93. The SMILES string of the molecule is COC[C@H](C)CN(C)C(=O)C[C@@H]1CSCCN1. The van der Waals surface area contributed by atoms with E-state index in [-0.39, 0.29) is 5.91 Å². The number of hydrogen-bond donors (Lipinski definition) is 1. The first-order valence-electron chi connectivity index (χ1n) is 6.17. The van der Waals surface area contributed by atoms with E-state index < -0.39 is 0 Å². The van der Waals surface area contributed by atoms with Crippen molar-refractivity contribution in [2.75, 3.05) is 45.4 Å². The van der Waals surface area contributed by atoms with Crippen molar-refractivity contribution in [3.05, 3.63) is 0 Å². The van der Waals surface area contributed by atoms with Gasteiger partial charge in [-0.2, -0.15) is 11.8 Å². The molecule has 1 fully saturated rings. The normalized spacial score (nSPS) is 22.2. The summed E-state index contributed by atoms with van der Waals surface area (Å²) < 4.78 is 5.08. The standard InChI is InChI=1S/C12H24N2O2S/c1-10(8-16-3)7-14(2)12(15)6-11-9-17-5-4-13-11/h10-11,13H,4-9H2,1-3H3/t10-,11-/m1/s1. The topological polar surface area (TPSA) is 41.6 Å². The van der Waals surface area contributed by atoms with Gasteiger partial charge < -0.3 is 15.0 Å². The van der Waals surface area contributed by atoms with Crippen LogP contribution in [0.3, 0.4) is 0 Å². The lowest BCUT2D eigenvalue weighted by atomic mass is 10.1. The molecule has 2 atom stereocenters. The Kier molecular flexibility index (Phi) is 6.92. The van der Waals surface area contributed by atoms with E-state index in [0.29, 0.717) is 25.0 Å². The molecule has 1 amide bonds. The zero-order valence-electron chi connectivity index (χ0n) is 11.1. The molecule has 1 saturated heterocycles. The molecule has 0 aliphatic carbocycles. The Morgan fingerprint density at radius 2 is 2.41 bits per heavy atom. The molecule has 0 aromatic rings. The van der Waals surface area contributed by atoms with Crippen molar-refractivity contribution in [3.63, 3.8) is 0 Å². The van der Waals surface area contributed by atoms with Crippen LogP contribution in [-0.2, 0) is 9.53 Å². The van der Waals surface area contributed by atoms with Gasteiger partial charge in [0.2, 0.25) is 5.91 Å². The average molecular weight is 260 g/mol. The molecular weight excluding hydrogens is 236 g/mol. The summed E-state index contributed by atoms with van der Waals surface area (Å²) in [5.74, 6) is 2.83. The van der Waals surface area contributed by atoms with Crippen LogP contribution in [0.25, 0.3) is 0 Å². The van der Waals surface area contributed by atoms with E-state index in [1.807, 2.05) is 23.7 Å². The second-order valence-electron chi connectivity index (χ2n) is 4.76. The zero-order valence-corrected chi connectivity index (χ0v) is 11.9. The maximum atomic E-state index is 12.0. The predicted molar refractivity (Wildman–Crippen MR) is 72.4 cm³/mol. The van der Waals surface area contributed by atoms with Gasteiger partial charge in [0.1, 0.15) is 0 Å². The van der Waals surface area contributed by atoms with Crippen LogP contribution in [0.4, 0.5) is 0 Å². The van der Waals surface area contributed by atoms with Gasteiger partial charge in [-0.3, -0.25) is 4.79 Å². The quantitative estimate of drug-likeness (QED) is 0.768. The van der Waals surface area contributed by atoms with Crippen molar-refractivity contribution in [2.45, 2.75) is 19.4 Å². The number of amides is 1. The Morgan fingerprint density at radius 1 is 1.65 bits per heavy atom. The molecule has 17 heavy (non-hydrogen) atoms. The maximum Gasteiger partial charge on any atom is 0.223 e. The Labute approximate surface area is 108 Å². The van der Waals surface area contributed by atoms with Gasteiger partial charge in [-0.05, 0) is 5.92 Å². The smallest absolute Gasteiger partial charge is 0.223 e. The van der Waals surface area contributed by atoms with Gasteiger partial charge in [0.15, 0.2) is 0 Å². The van der Waals surface area contributed by atoms with Crippen LogP contribution in [0.5, 0.6) is 0 Å². The monoisotopic (exact) mass is 260 g/mol. The van der Waals surface area contributed by atoms with Crippen molar-refractivity contribution in [2.24, 2.45) is 5.92 Å². The minimum atomic E-state index is 0.230. The number of nitrogens with zero attached hydrogens (tertiary/aromatic N) is 1. The van der Waals surface area contributed by atoms with Crippen LogP contribution in [0.1, 0.15) is 13.3 Å². The lowest BCUT2D eigenvalue weighted by Gasteiger charge is -2.26. The van der Waals surface area contributed by atoms with Gasteiger partial charge in [-0.1, -0.05) is 6.92 Å². The highest BCUT2D eigenvalue weighted by atomic mass is 32.2. The molecule has 4 nitrogen and oxygen atoms in total. The molecule has 1 N–H and O–H groups in total. The third-order valence-electron chi connectivity index (χ3n) is 2.88. The molecule has 1 aliphatic rings. The Bertz CT molecular complexity index is 233. The molecule has 0 aromatic carbocycles. The van der Waals surface area contributed by atoms with Crippen LogP contribution in [0.15, 0.2) is 0 Å². The molecule has 0 unspecified atom stereocenters. The average Bonchev–Trinajstić information content (AvgIpc) is 2.30. The zero-order chi connectivity index (χ0) is 12.7. The van der Waals surface area contributed by atoms with Gasteiger partial charge >= 0.3 is 0 Å². The molecule has 0 aromatic heterocycles. The fraction of sp³-hybridized carbons (Fsp3) is 0.917. The van der Waals surface area contributed by atoms with E-state index in [1.54, 1.807) is 7.11 Å². The number of carbonyl (C=O) groups is 1. The summed E-state index contributed by atoms with van der Waals surface area (Å²) in [7, 11) is 3.58. The highest BCUT2D eigenvalue weighted by molar-refractivity contribution is 7.99. The first-order valence-corrected chi connectivity index (χ1v) is 7.33. The molecule has 0 spiro atoms. The molecule has 5 heteroatoms. The molecule has 100 valence electrons. The molecular formula is C12H24N2O2S. The number of rotatable bonds is 6. The van der Waals surface area contributed by atoms with Crippen molar-refractivity contribution >= 4 is 17.7 Å². The molecule has 0 bridgehead atoms. The number of hydrogen-bond acceptors (Lipinski definition) is 4. The number of ether oxygens (including phenoxy) is 1. The Hall–Kier alpha value is -0.260. The number of thioether (sulfide) groups is 1. The molecule has 0 saturated carbocycles. The first kappa shape index (κ1) is 14.8. The lowest BCUT2D eigenvalue weighted by Crippen LogP contribution is -2.42. The van der Waals surface area contributed by atoms with Gasteiger partial charge in [-0.25, -0.2) is 0 Å². The van der Waals surface area contributed by atoms with Crippen LogP contribution in [0, 0.1) is 5.92 Å². The number of methoxy groups -OCH3 is 1. The van der Waals surface area contributed by atoms with Crippen LogP contribution < -0.4 is 5.32 Å². The predicted octanol–water partition coefficient (Wildman–Crippen LogP) is 0.822. The Balaban J connectivity index is 2.25. The van der Waals surface area contributed by atoms with Crippen molar-refractivity contribution < 1.29 is 9.53 Å². The van der Waals surface area contributed by atoms with E-state index in [0.717, 1.165) is 24.6 Å². The largest absolute Gasteiger partial charge is 0.384 e. The van der Waals surface area contributed by atoms with Gasteiger partial charge in [0.05, 0.1) is 6.61 Å². The third kappa shape index (κ3) is 5.75. The van der Waals surface area contributed by atoms with Crippen molar-refractivity contribution in [1.29, 1.82) is 0 Å². The number of nitrogens with one attached hydrogen (secondary N) is 1. The minimum absolute atomic E-state index is 0.230. The van der Waals surface area contributed by atoms with E-state index in [1.165, 1.54) is 0 Å². The van der Waals surface area contributed by atoms with Crippen LogP contribution in [0.2, 0.25) is 0 Å². The molecule has 1 heterocycles. The highest BCUT2D eigenvalue weighted by Crippen LogP contribution is 2.11. The fourth-order valence-electron chi connectivity index (χ4n) is 2.02. The highest BCUT2D eigenvalue weighted by Gasteiger charge is 2.19. The summed E-state index contributed by atoms with van der Waals surface area (Å²) in [5, 5.41) is 3.39. The van der Waals surface area contributed by atoms with Crippen molar-refractivity contribution in [1.82, 2.24) is 10.2 Å². The maximum absolute atomic E-state index is 12.0. The van der Waals surface area contributed by atoms with Gasteiger partial charge in [0.25, 0.3) is 0 Å². The third-order valence-corrected chi connectivity index (χ3v) is 4.01. The number of carbonyl (C=O) groups excluding carboxylic acids is 1. The van der Waals surface area contributed by atoms with Crippen LogP contribution >= 0.6 is 11.8 Å². The lowest BCUT2D eigenvalue weighted by molar-refractivity contribution is -0.131. The molecule has 1 aliphatic heterocycles. The van der Waals surface area contributed by atoms with Gasteiger partial charge in [0, 0.05) is 51.2 Å². The first-order chi connectivity index (χ1) is 8.13. The van der Waals surface area contributed by atoms with Crippen molar-refractivity contribution in [3.8, 4) is 0 Å². The minimum Gasteiger partial charge on any atom is -0.384 e. The van der Waals surface area contributed by atoms with E-state index in [9.17, 15) is 4.79 Å². The van der Waals surface area contributed by atoms with Gasteiger partial charge in [-0.15, -0.1) is 0 Å². The summed E-state index contributed by atoms with van der Waals surface area (Å²) in [6, 6.07) is 0.349. The van der Waals surface area contributed by atoms with Crippen LogP contribution in [-0.4, -0.2) is 62.2 Å². The Morgan fingerprint density at radius 3 is 3.00 bits per heavy atom. The van der Waals surface area contributed by atoms with E-state index >= 15 is 0 Å². The molecule has 1 rings (SSSR count). The second kappa shape index (κ2) is 7.95. The fourth-order valence-corrected chi connectivity index (χ4v) is 2.97. The summed E-state index contributed by atoms with van der Waals surface area (Å²) in [5.41, 5.74) is 0. The summed E-state index contributed by atoms with van der Waals surface area (Å²) in [6.45, 7) is 4.59. The summed E-state index contributed by atoms with van der Waals surface area (Å²) in [6.07, 6.45) is 0.614. The molecule has 0 radical (unpaired) electrons. The van der Waals surface area contributed by atoms with E-state index in [2.05, 4.69) is 12.2 Å². The summed E-state index contributed by atoms with van der Waals surface area (Å²) in [4.78, 5) is 13.8.